The SMILES string of the molecule is C=C1CC(CCCCCCCCOc2ccc(C(=O)Oc3ccc(-c4ccccc4)cc3)cc2)OC1=O. The number of rotatable bonds is 13. The molecular weight excluding hydrogens is 464 g/mol. The van der Waals surface area contributed by atoms with E-state index in [0.717, 1.165) is 55.4 Å². The monoisotopic (exact) mass is 498 g/mol. The molecular formula is C32H34O5. The lowest BCUT2D eigenvalue weighted by Gasteiger charge is -2.09. The van der Waals surface area contributed by atoms with Crippen molar-refractivity contribution in [3.05, 3.63) is 96.6 Å². The topological polar surface area (TPSA) is 61.8 Å². The summed E-state index contributed by atoms with van der Waals surface area (Å²) in [5.41, 5.74) is 3.27. The summed E-state index contributed by atoms with van der Waals surface area (Å²) in [7, 11) is 0. The summed E-state index contributed by atoms with van der Waals surface area (Å²) in [6, 6.07) is 24.6. The molecule has 1 saturated heterocycles. The van der Waals surface area contributed by atoms with Gasteiger partial charge in [-0.3, -0.25) is 0 Å². The highest BCUT2D eigenvalue weighted by Gasteiger charge is 2.26. The average Bonchev–Trinajstić information content (AvgIpc) is 3.25. The molecule has 0 N–H and O–H groups in total. The highest BCUT2D eigenvalue weighted by Crippen LogP contribution is 2.24. The van der Waals surface area contributed by atoms with Gasteiger partial charge in [-0.2, -0.15) is 0 Å². The number of ether oxygens (including phenoxy) is 3. The fourth-order valence-electron chi connectivity index (χ4n) is 4.37. The quantitative estimate of drug-likeness (QED) is 0.105. The number of carbonyl (C=O) groups is 2. The van der Waals surface area contributed by atoms with Crippen LogP contribution >= 0.6 is 0 Å². The van der Waals surface area contributed by atoms with Crippen LogP contribution in [-0.4, -0.2) is 24.6 Å². The van der Waals surface area contributed by atoms with E-state index in [1.807, 2.05) is 42.5 Å². The number of carbonyl (C=O) groups excluding carboxylic acids is 2. The van der Waals surface area contributed by atoms with Gasteiger partial charge in [0.1, 0.15) is 17.6 Å². The maximum absolute atomic E-state index is 12.5. The maximum atomic E-state index is 12.5. The zero-order valence-corrected chi connectivity index (χ0v) is 21.2. The van der Waals surface area contributed by atoms with E-state index in [0.29, 0.717) is 29.9 Å². The van der Waals surface area contributed by atoms with Gasteiger partial charge in [0.25, 0.3) is 0 Å². The Balaban J connectivity index is 1.08. The molecule has 0 bridgehead atoms. The van der Waals surface area contributed by atoms with Gasteiger partial charge in [-0.15, -0.1) is 0 Å². The van der Waals surface area contributed by atoms with E-state index in [4.69, 9.17) is 14.2 Å². The molecule has 1 aliphatic rings. The van der Waals surface area contributed by atoms with E-state index >= 15 is 0 Å². The summed E-state index contributed by atoms with van der Waals surface area (Å²) >= 11 is 0. The fourth-order valence-corrected chi connectivity index (χ4v) is 4.37. The van der Waals surface area contributed by atoms with E-state index < -0.39 is 5.97 Å². The Morgan fingerprint density at radius 1 is 0.784 bits per heavy atom. The lowest BCUT2D eigenvalue weighted by molar-refractivity contribution is -0.139. The van der Waals surface area contributed by atoms with E-state index in [-0.39, 0.29) is 12.1 Å². The molecule has 1 atom stereocenters. The van der Waals surface area contributed by atoms with Crippen molar-refractivity contribution >= 4 is 11.9 Å². The van der Waals surface area contributed by atoms with E-state index in [1.54, 1.807) is 36.4 Å². The molecule has 5 nitrogen and oxygen atoms in total. The fraction of sp³-hybridized carbons (Fsp3) is 0.312. The van der Waals surface area contributed by atoms with Crippen LogP contribution in [0, 0.1) is 0 Å². The molecule has 1 unspecified atom stereocenters. The van der Waals surface area contributed by atoms with Gasteiger partial charge in [-0.05, 0) is 66.8 Å². The number of cyclic esters (lactones) is 1. The first-order valence-corrected chi connectivity index (χ1v) is 13.1. The second-order valence-corrected chi connectivity index (χ2v) is 9.40. The van der Waals surface area contributed by atoms with Gasteiger partial charge in [-0.25, -0.2) is 9.59 Å². The van der Waals surface area contributed by atoms with Crippen LogP contribution < -0.4 is 9.47 Å². The zero-order valence-electron chi connectivity index (χ0n) is 21.2. The third kappa shape index (κ3) is 8.07. The summed E-state index contributed by atoms with van der Waals surface area (Å²) in [6.45, 7) is 4.37. The van der Waals surface area contributed by atoms with Crippen molar-refractivity contribution in [2.45, 2.75) is 57.5 Å². The molecule has 5 heteroatoms. The second-order valence-electron chi connectivity index (χ2n) is 9.40. The molecule has 1 aliphatic heterocycles. The third-order valence-corrected chi connectivity index (χ3v) is 6.49. The molecule has 0 aliphatic carbocycles. The normalized spacial score (nSPS) is 14.9. The van der Waals surface area contributed by atoms with Crippen molar-refractivity contribution in [2.75, 3.05) is 6.61 Å². The Morgan fingerprint density at radius 3 is 2.08 bits per heavy atom. The van der Waals surface area contributed by atoms with Gasteiger partial charge >= 0.3 is 11.9 Å². The Bertz CT molecular complexity index is 1150. The minimum Gasteiger partial charge on any atom is -0.494 e. The zero-order chi connectivity index (χ0) is 25.9. The molecule has 0 spiro atoms. The standard InChI is InChI=1S/C32H34O5/c1-24-23-30(37-31(24)33)13-9-4-2-3-5-10-22-35-28-18-16-27(17-19-28)32(34)36-29-20-14-26(15-21-29)25-11-7-6-8-12-25/h6-8,11-12,14-21,30H,1-5,9-10,13,22-23H2. The van der Waals surface area contributed by atoms with Crippen molar-refractivity contribution in [2.24, 2.45) is 0 Å². The van der Waals surface area contributed by atoms with Crippen molar-refractivity contribution in [1.82, 2.24) is 0 Å². The van der Waals surface area contributed by atoms with E-state index in [1.165, 1.54) is 6.42 Å². The van der Waals surface area contributed by atoms with Crippen LogP contribution in [0.1, 0.15) is 61.7 Å². The maximum Gasteiger partial charge on any atom is 0.343 e. The van der Waals surface area contributed by atoms with Gasteiger partial charge < -0.3 is 14.2 Å². The second kappa shape index (κ2) is 13.4. The Hall–Kier alpha value is -3.86. The first kappa shape index (κ1) is 26.2. The van der Waals surface area contributed by atoms with Crippen LogP contribution in [0.5, 0.6) is 11.5 Å². The molecule has 3 aromatic rings. The number of benzene rings is 3. The Morgan fingerprint density at radius 2 is 1.41 bits per heavy atom. The Labute approximate surface area is 219 Å². The highest BCUT2D eigenvalue weighted by molar-refractivity contribution is 5.91. The van der Waals surface area contributed by atoms with Crippen LogP contribution in [0.15, 0.2) is 91.0 Å². The third-order valence-electron chi connectivity index (χ3n) is 6.49. The molecule has 1 fully saturated rings. The molecule has 0 aromatic heterocycles. The predicted octanol–water partition coefficient (Wildman–Crippen LogP) is 7.55. The molecule has 4 rings (SSSR count). The highest BCUT2D eigenvalue weighted by atomic mass is 16.6. The number of unbranched alkanes of at least 4 members (excludes halogenated alkanes) is 5. The van der Waals surface area contributed by atoms with Crippen LogP contribution in [0.4, 0.5) is 0 Å². The van der Waals surface area contributed by atoms with Gasteiger partial charge in [0.15, 0.2) is 0 Å². The molecule has 0 saturated carbocycles. The molecule has 0 amide bonds. The molecule has 3 aromatic carbocycles. The minimum absolute atomic E-state index is 0.0353. The van der Waals surface area contributed by atoms with Gasteiger partial charge in [0, 0.05) is 12.0 Å². The molecule has 1 heterocycles. The van der Waals surface area contributed by atoms with Gasteiger partial charge in [0.05, 0.1) is 12.2 Å². The smallest absolute Gasteiger partial charge is 0.343 e. The van der Waals surface area contributed by atoms with Crippen molar-refractivity contribution in [1.29, 1.82) is 0 Å². The summed E-state index contributed by atoms with van der Waals surface area (Å²) < 4.78 is 16.6. The van der Waals surface area contributed by atoms with Gasteiger partial charge in [0.2, 0.25) is 0 Å². The largest absolute Gasteiger partial charge is 0.494 e. The van der Waals surface area contributed by atoms with Crippen LogP contribution in [-0.2, 0) is 9.53 Å². The Kier molecular flexibility index (Phi) is 9.53. The number of hydrogen-bond acceptors (Lipinski definition) is 5. The number of hydrogen-bond donors (Lipinski definition) is 0. The van der Waals surface area contributed by atoms with Crippen molar-refractivity contribution in [3.8, 4) is 22.6 Å². The summed E-state index contributed by atoms with van der Waals surface area (Å²) in [5.74, 6) is 0.633. The summed E-state index contributed by atoms with van der Waals surface area (Å²) in [4.78, 5) is 23.8. The van der Waals surface area contributed by atoms with Crippen molar-refractivity contribution < 1.29 is 23.8 Å². The van der Waals surface area contributed by atoms with Crippen LogP contribution in [0.3, 0.4) is 0 Å². The van der Waals surface area contributed by atoms with Gasteiger partial charge in [-0.1, -0.05) is 74.7 Å². The predicted molar refractivity (Wildman–Crippen MR) is 145 cm³/mol. The first-order chi connectivity index (χ1) is 18.1. The summed E-state index contributed by atoms with van der Waals surface area (Å²) in [6.07, 6.45) is 8.31. The van der Waals surface area contributed by atoms with E-state index in [2.05, 4.69) is 6.58 Å². The average molecular weight is 499 g/mol. The summed E-state index contributed by atoms with van der Waals surface area (Å²) in [5, 5.41) is 0. The molecule has 37 heavy (non-hydrogen) atoms. The lowest BCUT2D eigenvalue weighted by Crippen LogP contribution is -2.08. The van der Waals surface area contributed by atoms with Crippen LogP contribution in [0.2, 0.25) is 0 Å². The minimum atomic E-state index is -0.393. The van der Waals surface area contributed by atoms with Crippen molar-refractivity contribution in [3.63, 3.8) is 0 Å². The molecule has 192 valence electrons. The lowest BCUT2D eigenvalue weighted by atomic mass is 10.0. The van der Waals surface area contributed by atoms with Crippen LogP contribution in [0.25, 0.3) is 11.1 Å². The molecule has 0 radical (unpaired) electrons. The van der Waals surface area contributed by atoms with E-state index in [9.17, 15) is 9.59 Å². The number of esters is 2. The first-order valence-electron chi connectivity index (χ1n) is 13.1.